The third kappa shape index (κ3) is 2.32. The second kappa shape index (κ2) is 5.40. The molecule has 2 aliphatic rings. The summed E-state index contributed by atoms with van der Waals surface area (Å²) >= 11 is 0. The van der Waals surface area contributed by atoms with Gasteiger partial charge in [0.2, 0.25) is 0 Å². The Morgan fingerprint density at radius 3 is 2.59 bits per heavy atom. The molecule has 4 rings (SSSR count). The summed E-state index contributed by atoms with van der Waals surface area (Å²) in [7, 11) is 0. The first-order valence-corrected chi connectivity index (χ1v) is 7.69. The number of nitrogens with zero attached hydrogens (tertiary/aromatic N) is 5. The van der Waals surface area contributed by atoms with Gasteiger partial charge in [-0.3, -0.25) is 4.79 Å². The van der Waals surface area contributed by atoms with Crippen LogP contribution in [0.2, 0.25) is 0 Å². The average Bonchev–Trinajstić information content (AvgIpc) is 3.04. The Labute approximate surface area is 128 Å². The van der Waals surface area contributed by atoms with Crippen molar-refractivity contribution in [3.8, 4) is 0 Å². The van der Waals surface area contributed by atoms with E-state index in [-0.39, 0.29) is 5.56 Å². The number of aromatic amines is 1. The maximum absolute atomic E-state index is 11.1. The molecule has 0 unspecified atom stereocenters. The van der Waals surface area contributed by atoms with Crippen LogP contribution >= 0.6 is 0 Å². The minimum atomic E-state index is -0.168. The van der Waals surface area contributed by atoms with Gasteiger partial charge in [-0.2, -0.15) is 5.10 Å². The third-order valence-electron chi connectivity index (χ3n) is 4.42. The normalized spacial score (nSPS) is 17.6. The molecule has 3 heterocycles. The monoisotopic (exact) mass is 298 g/mol. The van der Waals surface area contributed by atoms with Crippen molar-refractivity contribution in [2.45, 2.75) is 19.3 Å². The summed E-state index contributed by atoms with van der Waals surface area (Å²) in [6, 6.07) is 3.29. The van der Waals surface area contributed by atoms with Crippen LogP contribution in [0.3, 0.4) is 0 Å². The van der Waals surface area contributed by atoms with Crippen LogP contribution in [0.4, 0.5) is 11.6 Å². The summed E-state index contributed by atoms with van der Waals surface area (Å²) in [4.78, 5) is 24.5. The van der Waals surface area contributed by atoms with Gasteiger partial charge in [0, 0.05) is 43.5 Å². The predicted octanol–water partition coefficient (Wildman–Crippen LogP) is 0.375. The Kier molecular flexibility index (Phi) is 3.25. The zero-order valence-corrected chi connectivity index (χ0v) is 12.3. The van der Waals surface area contributed by atoms with Crippen molar-refractivity contribution < 1.29 is 0 Å². The van der Waals surface area contributed by atoms with Crippen molar-refractivity contribution >= 4 is 11.6 Å². The van der Waals surface area contributed by atoms with E-state index in [1.807, 2.05) is 0 Å². The number of piperazine rings is 1. The van der Waals surface area contributed by atoms with E-state index < -0.39 is 0 Å². The maximum Gasteiger partial charge on any atom is 0.264 e. The van der Waals surface area contributed by atoms with Gasteiger partial charge in [-0.1, -0.05) is 0 Å². The molecule has 1 saturated heterocycles. The Morgan fingerprint density at radius 1 is 1.00 bits per heavy atom. The molecule has 0 spiro atoms. The molecule has 0 radical (unpaired) electrons. The number of H-pyrrole nitrogens is 1. The van der Waals surface area contributed by atoms with Crippen LogP contribution in [0.1, 0.15) is 17.7 Å². The highest BCUT2D eigenvalue weighted by Crippen LogP contribution is 2.28. The molecule has 2 aromatic rings. The van der Waals surface area contributed by atoms with Gasteiger partial charge in [-0.05, 0) is 25.3 Å². The minimum Gasteiger partial charge on any atom is -0.353 e. The summed E-state index contributed by atoms with van der Waals surface area (Å²) in [5, 5.41) is 6.59. The van der Waals surface area contributed by atoms with E-state index in [1.54, 1.807) is 12.4 Å². The molecule has 0 amide bonds. The van der Waals surface area contributed by atoms with Crippen LogP contribution < -0.4 is 15.4 Å². The molecule has 114 valence electrons. The van der Waals surface area contributed by atoms with E-state index in [4.69, 9.17) is 0 Å². The van der Waals surface area contributed by atoms with E-state index in [0.29, 0.717) is 0 Å². The van der Waals surface area contributed by atoms with Crippen molar-refractivity contribution in [3.05, 3.63) is 40.1 Å². The van der Waals surface area contributed by atoms with Gasteiger partial charge in [-0.15, -0.1) is 0 Å². The number of aromatic nitrogens is 4. The van der Waals surface area contributed by atoms with Gasteiger partial charge >= 0.3 is 0 Å². The zero-order valence-electron chi connectivity index (χ0n) is 12.3. The number of hydrogen-bond acceptors (Lipinski definition) is 6. The lowest BCUT2D eigenvalue weighted by Crippen LogP contribution is -2.47. The van der Waals surface area contributed by atoms with E-state index in [2.05, 4.69) is 30.0 Å². The van der Waals surface area contributed by atoms with E-state index in [1.165, 1.54) is 23.7 Å². The fourth-order valence-corrected chi connectivity index (χ4v) is 3.28. The topological polar surface area (TPSA) is 78.0 Å². The van der Waals surface area contributed by atoms with Crippen molar-refractivity contribution in [2.24, 2.45) is 0 Å². The molecule has 1 fully saturated rings. The predicted molar refractivity (Wildman–Crippen MR) is 83.3 cm³/mol. The Balaban J connectivity index is 1.49. The fourth-order valence-electron chi connectivity index (χ4n) is 3.28. The first kappa shape index (κ1) is 13.2. The molecule has 2 aromatic heterocycles. The largest absolute Gasteiger partial charge is 0.353 e. The second-order valence-corrected chi connectivity index (χ2v) is 5.73. The first-order valence-electron chi connectivity index (χ1n) is 7.69. The Hall–Kier alpha value is -2.44. The molecule has 0 aromatic carbocycles. The zero-order chi connectivity index (χ0) is 14.9. The summed E-state index contributed by atoms with van der Waals surface area (Å²) < 4.78 is 0. The molecular formula is C15H18N6O. The number of hydrogen-bond donors (Lipinski definition) is 1. The highest BCUT2D eigenvalue weighted by Gasteiger charge is 2.24. The van der Waals surface area contributed by atoms with E-state index in [0.717, 1.165) is 50.7 Å². The Bertz CT molecular complexity index is 715. The van der Waals surface area contributed by atoms with Gasteiger partial charge in [-0.25, -0.2) is 15.1 Å². The third-order valence-corrected chi connectivity index (χ3v) is 4.42. The number of nitrogens with one attached hydrogen (secondary N) is 1. The summed E-state index contributed by atoms with van der Waals surface area (Å²) in [5.74, 6) is 1.93. The minimum absolute atomic E-state index is 0.168. The molecule has 0 atom stereocenters. The number of rotatable bonds is 2. The maximum atomic E-state index is 11.1. The summed E-state index contributed by atoms with van der Waals surface area (Å²) in [5.41, 5.74) is 2.38. The molecule has 22 heavy (non-hydrogen) atoms. The summed E-state index contributed by atoms with van der Waals surface area (Å²) in [6.45, 7) is 3.56. The number of anilines is 2. The van der Waals surface area contributed by atoms with E-state index >= 15 is 0 Å². The van der Waals surface area contributed by atoms with Crippen LogP contribution in [0.5, 0.6) is 0 Å². The molecule has 7 heteroatoms. The standard InChI is InChI=1S/C15H18N6O/c22-14-5-4-13(18-19-14)20-6-8-21(9-7-20)15-11-2-1-3-12(11)16-10-17-15/h4-5,10H,1-3,6-9H2,(H,19,22). The van der Waals surface area contributed by atoms with Crippen LogP contribution in [0.15, 0.2) is 23.3 Å². The number of fused-ring (bicyclic) bond motifs is 1. The van der Waals surface area contributed by atoms with E-state index in [9.17, 15) is 4.79 Å². The van der Waals surface area contributed by atoms with Gasteiger partial charge < -0.3 is 9.80 Å². The van der Waals surface area contributed by atoms with Crippen molar-refractivity contribution in [1.29, 1.82) is 0 Å². The molecule has 0 saturated carbocycles. The summed E-state index contributed by atoms with van der Waals surface area (Å²) in [6.07, 6.45) is 5.04. The Morgan fingerprint density at radius 2 is 1.82 bits per heavy atom. The van der Waals surface area contributed by atoms with Crippen LogP contribution in [-0.2, 0) is 12.8 Å². The quantitative estimate of drug-likeness (QED) is 0.863. The van der Waals surface area contributed by atoms with Gasteiger partial charge in [0.1, 0.15) is 18.0 Å². The highest BCUT2D eigenvalue weighted by molar-refractivity contribution is 5.52. The molecule has 0 bridgehead atoms. The van der Waals surface area contributed by atoms with Crippen LogP contribution in [0, 0.1) is 0 Å². The van der Waals surface area contributed by atoms with Crippen LogP contribution in [-0.4, -0.2) is 46.3 Å². The van der Waals surface area contributed by atoms with Crippen molar-refractivity contribution in [3.63, 3.8) is 0 Å². The smallest absolute Gasteiger partial charge is 0.264 e. The lowest BCUT2D eigenvalue weighted by atomic mass is 10.2. The lowest BCUT2D eigenvalue weighted by Gasteiger charge is -2.36. The van der Waals surface area contributed by atoms with Crippen LogP contribution in [0.25, 0.3) is 0 Å². The van der Waals surface area contributed by atoms with Gasteiger partial charge in [0.05, 0.1) is 0 Å². The highest BCUT2D eigenvalue weighted by atomic mass is 16.1. The first-order chi connectivity index (χ1) is 10.8. The molecular weight excluding hydrogens is 280 g/mol. The fraction of sp³-hybridized carbons (Fsp3) is 0.467. The van der Waals surface area contributed by atoms with Crippen molar-refractivity contribution in [1.82, 2.24) is 20.2 Å². The molecule has 1 N–H and O–H groups in total. The number of aryl methyl sites for hydroxylation is 1. The SMILES string of the molecule is O=c1ccc(N2CCN(c3ncnc4c3CCC4)CC2)n[nH]1. The average molecular weight is 298 g/mol. The van der Waals surface area contributed by atoms with Gasteiger partial charge in [0.15, 0.2) is 0 Å². The molecule has 1 aliphatic carbocycles. The molecule has 7 nitrogen and oxygen atoms in total. The second-order valence-electron chi connectivity index (χ2n) is 5.73. The van der Waals surface area contributed by atoms with Crippen molar-refractivity contribution in [2.75, 3.05) is 36.0 Å². The molecule has 1 aliphatic heterocycles. The lowest BCUT2D eigenvalue weighted by molar-refractivity contribution is 0.634. The van der Waals surface area contributed by atoms with Gasteiger partial charge in [0.25, 0.3) is 5.56 Å².